The predicted octanol–water partition coefficient (Wildman–Crippen LogP) is 3.10. The van der Waals surface area contributed by atoms with Crippen molar-refractivity contribution < 1.29 is 13.7 Å². The molecule has 0 atom stereocenters. The van der Waals surface area contributed by atoms with Crippen molar-refractivity contribution in [3.05, 3.63) is 39.4 Å². The van der Waals surface area contributed by atoms with Crippen LogP contribution in [0.25, 0.3) is 0 Å². The first-order chi connectivity index (χ1) is 7.70. The van der Waals surface area contributed by atoms with Gasteiger partial charge in [-0.3, -0.25) is 10.1 Å². The van der Waals surface area contributed by atoms with Gasteiger partial charge in [-0.1, -0.05) is 25.6 Å². The van der Waals surface area contributed by atoms with Crippen LogP contribution < -0.4 is 0 Å². The van der Waals surface area contributed by atoms with Crippen LogP contribution in [0.2, 0.25) is 19.6 Å². The highest BCUT2D eigenvalue weighted by Gasteiger charge is 2.18. The van der Waals surface area contributed by atoms with Crippen molar-refractivity contribution in [3.8, 4) is 11.5 Å². The van der Waals surface area contributed by atoms with Crippen molar-refractivity contribution in [1.82, 2.24) is 0 Å². The van der Waals surface area contributed by atoms with E-state index in [0.717, 1.165) is 6.07 Å². The molecule has 3 nitrogen and oxygen atoms in total. The first kappa shape index (κ1) is 13.3. The van der Waals surface area contributed by atoms with Crippen LogP contribution in [0.4, 0.5) is 14.5 Å². The fourth-order valence-corrected chi connectivity index (χ4v) is 1.54. The molecule has 1 aromatic rings. The lowest BCUT2D eigenvalue weighted by Gasteiger charge is -2.03. The topological polar surface area (TPSA) is 43.1 Å². The van der Waals surface area contributed by atoms with Gasteiger partial charge in [-0.2, -0.15) is 4.39 Å². The Bertz CT molecular complexity index is 527. The zero-order valence-electron chi connectivity index (χ0n) is 9.67. The smallest absolute Gasteiger partial charge is 0.258 e. The molecule has 0 N–H and O–H groups in total. The van der Waals surface area contributed by atoms with Crippen LogP contribution in [0.15, 0.2) is 12.1 Å². The van der Waals surface area contributed by atoms with Gasteiger partial charge < -0.3 is 0 Å². The zero-order chi connectivity index (χ0) is 13.2. The summed E-state index contributed by atoms with van der Waals surface area (Å²) in [6.45, 7) is 5.86. The summed E-state index contributed by atoms with van der Waals surface area (Å²) >= 11 is 0. The Hall–Kier alpha value is -1.74. The molecule has 0 aromatic heterocycles. The van der Waals surface area contributed by atoms with Gasteiger partial charge in [0, 0.05) is 12.1 Å². The number of halogens is 2. The van der Waals surface area contributed by atoms with Crippen molar-refractivity contribution in [2.45, 2.75) is 19.6 Å². The van der Waals surface area contributed by atoms with Crippen molar-refractivity contribution >= 4 is 13.8 Å². The molecule has 17 heavy (non-hydrogen) atoms. The highest BCUT2D eigenvalue weighted by atomic mass is 28.3. The van der Waals surface area contributed by atoms with Gasteiger partial charge in [0.15, 0.2) is 0 Å². The van der Waals surface area contributed by atoms with E-state index in [1.807, 2.05) is 19.6 Å². The van der Waals surface area contributed by atoms with Gasteiger partial charge in [0.25, 0.3) is 0 Å². The van der Waals surface area contributed by atoms with Gasteiger partial charge >= 0.3 is 5.69 Å². The summed E-state index contributed by atoms with van der Waals surface area (Å²) in [4.78, 5) is 9.60. The number of hydrogen-bond donors (Lipinski definition) is 0. The van der Waals surface area contributed by atoms with Crippen molar-refractivity contribution in [2.24, 2.45) is 0 Å². The third-order valence-corrected chi connectivity index (χ3v) is 2.68. The molecule has 0 radical (unpaired) electrons. The van der Waals surface area contributed by atoms with Gasteiger partial charge in [0.1, 0.15) is 13.9 Å². The van der Waals surface area contributed by atoms with E-state index in [1.165, 1.54) is 0 Å². The molecule has 0 unspecified atom stereocenters. The number of nitro groups is 1. The first-order valence-corrected chi connectivity index (χ1v) is 8.37. The lowest BCUT2D eigenvalue weighted by atomic mass is 10.2. The van der Waals surface area contributed by atoms with E-state index >= 15 is 0 Å². The zero-order valence-corrected chi connectivity index (χ0v) is 10.7. The van der Waals surface area contributed by atoms with Gasteiger partial charge in [-0.15, -0.1) is 5.54 Å². The first-order valence-electron chi connectivity index (χ1n) is 4.87. The van der Waals surface area contributed by atoms with Crippen molar-refractivity contribution in [3.63, 3.8) is 0 Å². The number of rotatable bonds is 1. The van der Waals surface area contributed by atoms with Crippen molar-refractivity contribution in [2.75, 3.05) is 0 Å². The summed E-state index contributed by atoms with van der Waals surface area (Å²) in [5, 5.41) is 10.5. The molecule has 1 rings (SSSR count). The average Bonchev–Trinajstić information content (AvgIpc) is 2.14. The van der Waals surface area contributed by atoms with Crippen molar-refractivity contribution in [1.29, 1.82) is 0 Å². The van der Waals surface area contributed by atoms with Crippen LogP contribution >= 0.6 is 0 Å². The summed E-state index contributed by atoms with van der Waals surface area (Å²) in [7, 11) is -1.71. The molecule has 0 spiro atoms. The minimum Gasteiger partial charge on any atom is -0.258 e. The molecule has 0 aliphatic carbocycles. The molecule has 0 aliphatic rings. The summed E-state index contributed by atoms with van der Waals surface area (Å²) in [6, 6.07) is 1.32. The van der Waals surface area contributed by atoms with Gasteiger partial charge in [-0.05, 0) is 0 Å². The maximum absolute atomic E-state index is 13.3. The molecule has 0 amide bonds. The SMILES string of the molecule is C[Si](C)(C)C#Cc1cc([N+](=O)[O-])c(F)cc1F. The number of hydrogen-bond acceptors (Lipinski definition) is 2. The van der Waals surface area contributed by atoms with E-state index in [2.05, 4.69) is 11.5 Å². The second-order valence-corrected chi connectivity index (χ2v) is 9.29. The Morgan fingerprint density at radius 3 is 2.29 bits per heavy atom. The Kier molecular flexibility index (Phi) is 3.63. The van der Waals surface area contributed by atoms with Crippen LogP contribution in [0.1, 0.15) is 5.56 Å². The van der Waals surface area contributed by atoms with E-state index in [-0.39, 0.29) is 5.56 Å². The Morgan fingerprint density at radius 2 is 1.82 bits per heavy atom. The summed E-state index contributed by atoms with van der Waals surface area (Å²) in [5.41, 5.74) is 1.97. The fourth-order valence-electron chi connectivity index (χ4n) is 1.03. The van der Waals surface area contributed by atoms with E-state index in [0.29, 0.717) is 6.07 Å². The second kappa shape index (κ2) is 4.63. The number of nitrogens with zero attached hydrogens (tertiary/aromatic N) is 1. The standard InChI is InChI=1S/C11H11F2NO2Si/c1-17(2,3)5-4-8-6-11(14(15)16)10(13)7-9(8)12/h6-7H,1-3H3. The molecule has 0 heterocycles. The lowest BCUT2D eigenvalue weighted by Crippen LogP contribution is -2.16. The monoisotopic (exact) mass is 255 g/mol. The highest BCUT2D eigenvalue weighted by molar-refractivity contribution is 6.83. The second-order valence-electron chi connectivity index (χ2n) is 4.54. The lowest BCUT2D eigenvalue weighted by molar-refractivity contribution is -0.387. The molecular weight excluding hydrogens is 244 g/mol. The van der Waals surface area contributed by atoms with Gasteiger partial charge in [0.05, 0.1) is 10.5 Å². The Morgan fingerprint density at radius 1 is 1.24 bits per heavy atom. The molecule has 0 bridgehead atoms. The fraction of sp³-hybridized carbons (Fsp3) is 0.273. The normalized spacial score (nSPS) is 10.6. The van der Waals surface area contributed by atoms with Crippen LogP contribution in [-0.4, -0.2) is 13.0 Å². The van der Waals surface area contributed by atoms with E-state index in [9.17, 15) is 18.9 Å². The van der Waals surface area contributed by atoms with E-state index < -0.39 is 30.3 Å². The largest absolute Gasteiger partial charge is 0.306 e. The highest BCUT2D eigenvalue weighted by Crippen LogP contribution is 2.21. The minimum absolute atomic E-state index is 0.138. The Balaban J connectivity index is 3.29. The van der Waals surface area contributed by atoms with Gasteiger partial charge in [0.2, 0.25) is 5.82 Å². The maximum atomic E-state index is 13.3. The average molecular weight is 255 g/mol. The van der Waals surface area contributed by atoms with Crippen LogP contribution in [-0.2, 0) is 0 Å². The molecule has 90 valence electrons. The number of nitro benzene ring substituents is 1. The predicted molar refractivity (Wildman–Crippen MR) is 63.2 cm³/mol. The molecule has 0 aliphatic heterocycles. The molecular formula is C11H11F2NO2Si. The summed E-state index contributed by atoms with van der Waals surface area (Å²) < 4.78 is 26.4. The number of benzene rings is 1. The minimum atomic E-state index is -1.71. The van der Waals surface area contributed by atoms with Crippen LogP contribution in [0.3, 0.4) is 0 Å². The van der Waals surface area contributed by atoms with Crippen LogP contribution in [0, 0.1) is 33.2 Å². The molecule has 0 saturated carbocycles. The van der Waals surface area contributed by atoms with E-state index in [4.69, 9.17) is 0 Å². The third kappa shape index (κ3) is 3.64. The molecule has 0 fully saturated rings. The summed E-state index contributed by atoms with van der Waals surface area (Å²) in [5.74, 6) is 0.476. The Labute approximate surface area is 98.6 Å². The third-order valence-electron chi connectivity index (χ3n) is 1.81. The van der Waals surface area contributed by atoms with Gasteiger partial charge in [-0.25, -0.2) is 4.39 Å². The van der Waals surface area contributed by atoms with E-state index in [1.54, 1.807) is 0 Å². The summed E-state index contributed by atoms with van der Waals surface area (Å²) in [6.07, 6.45) is 0. The molecule has 1 aromatic carbocycles. The molecule has 6 heteroatoms. The quantitative estimate of drug-likeness (QED) is 0.335. The molecule has 0 saturated heterocycles. The van der Waals surface area contributed by atoms with Crippen LogP contribution in [0.5, 0.6) is 0 Å². The maximum Gasteiger partial charge on any atom is 0.306 e.